The van der Waals surface area contributed by atoms with Crippen LogP contribution in [0, 0.1) is 5.92 Å². The van der Waals surface area contributed by atoms with Crippen molar-refractivity contribution in [1.82, 2.24) is 14.8 Å². The number of amides is 1. The number of carbonyl (C=O) groups excluding carboxylic acids is 1. The molecule has 0 aromatic carbocycles. The highest BCUT2D eigenvalue weighted by Crippen LogP contribution is 2.40. The fraction of sp³-hybridized carbons (Fsp3) is 0.471. The van der Waals surface area contributed by atoms with Gasteiger partial charge in [-0.1, -0.05) is 0 Å². The molecule has 1 saturated carbocycles. The van der Waals surface area contributed by atoms with Crippen LogP contribution in [0.2, 0.25) is 0 Å². The second-order valence-corrected chi connectivity index (χ2v) is 9.12. The molecule has 1 N–H and O–H groups in total. The molecule has 1 unspecified atom stereocenters. The van der Waals surface area contributed by atoms with Crippen molar-refractivity contribution in [3.05, 3.63) is 35.8 Å². The number of hydrogen-bond acceptors (Lipinski definition) is 5. The van der Waals surface area contributed by atoms with Crippen LogP contribution in [0.15, 0.2) is 29.6 Å². The van der Waals surface area contributed by atoms with Crippen LogP contribution in [-0.2, 0) is 22.6 Å². The van der Waals surface area contributed by atoms with Crippen molar-refractivity contribution in [2.45, 2.75) is 42.9 Å². The van der Waals surface area contributed by atoms with Crippen LogP contribution < -0.4 is 5.32 Å². The Kier molecular flexibility index (Phi) is 5.60. The van der Waals surface area contributed by atoms with E-state index in [1.165, 1.54) is 6.07 Å². The molecular weight excluding hydrogens is 435 g/mol. The van der Waals surface area contributed by atoms with E-state index in [1.54, 1.807) is 0 Å². The van der Waals surface area contributed by atoms with Gasteiger partial charge in [0.15, 0.2) is 14.9 Å². The van der Waals surface area contributed by atoms with Crippen LogP contribution in [0.4, 0.5) is 27.6 Å². The van der Waals surface area contributed by atoms with Gasteiger partial charge in [-0.25, -0.2) is 22.2 Å². The number of hydrogen-bond donors (Lipinski definition) is 1. The molecule has 1 fully saturated rings. The summed E-state index contributed by atoms with van der Waals surface area (Å²) in [5.41, 5.74) is -2.25. The van der Waals surface area contributed by atoms with Gasteiger partial charge >= 0.3 is 6.18 Å². The van der Waals surface area contributed by atoms with Gasteiger partial charge in [-0.2, -0.15) is 18.3 Å². The van der Waals surface area contributed by atoms with E-state index in [0.29, 0.717) is 6.20 Å². The van der Waals surface area contributed by atoms with E-state index in [-0.39, 0.29) is 30.1 Å². The molecule has 13 heteroatoms. The molecule has 7 nitrogen and oxygen atoms in total. The molecule has 164 valence electrons. The second kappa shape index (κ2) is 7.60. The highest BCUT2D eigenvalue weighted by Gasteiger charge is 2.42. The monoisotopic (exact) mass is 452 g/mol. The SMILES string of the molecule is CS(=O)(=O)c1cc(NC(=O)c2c(C(F)(F)F)cnn2CC2CCC(F)(F)C2)ccn1. The predicted octanol–water partition coefficient (Wildman–Crippen LogP) is 3.39. The van der Waals surface area contributed by atoms with Crippen molar-refractivity contribution in [1.29, 1.82) is 0 Å². The van der Waals surface area contributed by atoms with Crippen LogP contribution >= 0.6 is 0 Å². The molecular formula is C17H17F5N4O3S. The van der Waals surface area contributed by atoms with Gasteiger partial charge in [0.05, 0.1) is 6.20 Å². The van der Waals surface area contributed by atoms with E-state index < -0.39 is 51.4 Å². The number of halogens is 5. The first-order valence-electron chi connectivity index (χ1n) is 8.74. The third-order valence-electron chi connectivity index (χ3n) is 4.67. The summed E-state index contributed by atoms with van der Waals surface area (Å²) in [6.07, 6.45) is -3.26. The Hall–Kier alpha value is -2.57. The maximum absolute atomic E-state index is 13.4. The van der Waals surface area contributed by atoms with Crippen molar-refractivity contribution < 1.29 is 35.2 Å². The largest absolute Gasteiger partial charge is 0.420 e. The first-order chi connectivity index (χ1) is 13.8. The van der Waals surface area contributed by atoms with Crippen molar-refractivity contribution >= 4 is 21.4 Å². The van der Waals surface area contributed by atoms with Crippen molar-refractivity contribution in [2.24, 2.45) is 5.92 Å². The van der Waals surface area contributed by atoms with Gasteiger partial charge in [0, 0.05) is 37.5 Å². The highest BCUT2D eigenvalue weighted by atomic mass is 32.2. The first kappa shape index (κ1) is 22.1. The van der Waals surface area contributed by atoms with E-state index in [4.69, 9.17) is 0 Å². The van der Waals surface area contributed by atoms with E-state index in [2.05, 4.69) is 15.4 Å². The molecule has 0 saturated heterocycles. The second-order valence-electron chi connectivity index (χ2n) is 7.16. The maximum Gasteiger partial charge on any atom is 0.420 e. The lowest BCUT2D eigenvalue weighted by molar-refractivity contribution is -0.138. The van der Waals surface area contributed by atoms with Gasteiger partial charge in [0.1, 0.15) is 11.3 Å². The number of carbonyl (C=O) groups is 1. The molecule has 0 aliphatic heterocycles. The summed E-state index contributed by atoms with van der Waals surface area (Å²) >= 11 is 0. The number of pyridine rings is 1. The fourth-order valence-corrected chi connectivity index (χ4v) is 3.89. The van der Waals surface area contributed by atoms with Crippen molar-refractivity contribution in [3.63, 3.8) is 0 Å². The average molecular weight is 452 g/mol. The van der Waals surface area contributed by atoms with Crippen molar-refractivity contribution in [2.75, 3.05) is 11.6 Å². The summed E-state index contributed by atoms with van der Waals surface area (Å²) in [5, 5.41) is 5.42. The van der Waals surface area contributed by atoms with Gasteiger partial charge < -0.3 is 5.32 Å². The number of nitrogens with zero attached hydrogens (tertiary/aromatic N) is 3. The molecule has 0 radical (unpaired) electrons. The molecule has 2 heterocycles. The van der Waals surface area contributed by atoms with Gasteiger partial charge in [-0.15, -0.1) is 0 Å². The highest BCUT2D eigenvalue weighted by molar-refractivity contribution is 7.90. The lowest BCUT2D eigenvalue weighted by Crippen LogP contribution is -2.24. The van der Waals surface area contributed by atoms with E-state index in [9.17, 15) is 35.2 Å². The summed E-state index contributed by atoms with van der Waals surface area (Å²) in [5.74, 6) is -4.73. The topological polar surface area (TPSA) is 94.0 Å². The van der Waals surface area contributed by atoms with Crippen LogP contribution in [0.25, 0.3) is 0 Å². The molecule has 2 aromatic rings. The van der Waals surface area contributed by atoms with Gasteiger partial charge in [0.25, 0.3) is 5.91 Å². The van der Waals surface area contributed by atoms with Gasteiger partial charge in [-0.3, -0.25) is 9.48 Å². The van der Waals surface area contributed by atoms with Crippen LogP contribution in [-0.4, -0.2) is 41.3 Å². The smallest absolute Gasteiger partial charge is 0.320 e. The Morgan fingerprint density at radius 1 is 1.37 bits per heavy atom. The number of nitrogens with one attached hydrogen (secondary N) is 1. The molecule has 2 aromatic heterocycles. The minimum absolute atomic E-state index is 0.0938. The Bertz CT molecular complexity index is 1070. The van der Waals surface area contributed by atoms with Crippen LogP contribution in [0.3, 0.4) is 0 Å². The zero-order valence-corrected chi connectivity index (χ0v) is 16.4. The lowest BCUT2D eigenvalue weighted by atomic mass is 10.1. The molecule has 0 bridgehead atoms. The molecule has 1 aliphatic carbocycles. The zero-order valence-electron chi connectivity index (χ0n) is 15.6. The Balaban J connectivity index is 1.91. The van der Waals surface area contributed by atoms with Gasteiger partial charge in [0.2, 0.25) is 5.92 Å². The van der Waals surface area contributed by atoms with Crippen molar-refractivity contribution in [3.8, 4) is 0 Å². The fourth-order valence-electron chi connectivity index (χ4n) is 3.29. The van der Waals surface area contributed by atoms with E-state index >= 15 is 0 Å². The average Bonchev–Trinajstić information content (AvgIpc) is 3.17. The molecule has 0 spiro atoms. The summed E-state index contributed by atoms with van der Waals surface area (Å²) in [6.45, 7) is -0.278. The zero-order chi connectivity index (χ0) is 22.3. The normalized spacial score (nSPS) is 19.1. The lowest BCUT2D eigenvalue weighted by Gasteiger charge is -2.15. The quantitative estimate of drug-likeness (QED) is 0.702. The third kappa shape index (κ3) is 4.94. The summed E-state index contributed by atoms with van der Waals surface area (Å²) in [7, 11) is -3.71. The number of rotatable bonds is 5. The number of anilines is 1. The number of sulfone groups is 1. The molecule has 3 rings (SSSR count). The first-order valence-corrected chi connectivity index (χ1v) is 10.6. The minimum Gasteiger partial charge on any atom is -0.320 e. The van der Waals surface area contributed by atoms with E-state index in [0.717, 1.165) is 23.2 Å². The Morgan fingerprint density at radius 2 is 2.07 bits per heavy atom. The standard InChI is InChI=1S/C17H17F5N4O3S/c1-30(28,29)13-6-11(3-5-23-13)25-15(27)14-12(17(20,21)22)8-24-26(14)9-10-2-4-16(18,19)7-10/h3,5-6,8,10H,2,4,7,9H2,1H3,(H,23,25,27). The van der Waals surface area contributed by atoms with Crippen LogP contribution in [0.1, 0.15) is 35.3 Å². The molecule has 1 atom stereocenters. The van der Waals surface area contributed by atoms with E-state index in [1.807, 2.05) is 0 Å². The summed E-state index contributed by atoms with van der Waals surface area (Å²) < 4.78 is 90.9. The number of aromatic nitrogens is 3. The third-order valence-corrected chi connectivity index (χ3v) is 5.65. The molecule has 30 heavy (non-hydrogen) atoms. The summed E-state index contributed by atoms with van der Waals surface area (Å²) in [6, 6.07) is 2.21. The summed E-state index contributed by atoms with van der Waals surface area (Å²) in [4.78, 5) is 16.3. The molecule has 1 amide bonds. The predicted molar refractivity (Wildman–Crippen MR) is 94.8 cm³/mol. The molecule has 1 aliphatic rings. The number of alkyl halides is 5. The van der Waals surface area contributed by atoms with Crippen LogP contribution in [0.5, 0.6) is 0 Å². The Morgan fingerprint density at radius 3 is 2.63 bits per heavy atom. The maximum atomic E-state index is 13.4. The minimum atomic E-state index is -4.90. The van der Waals surface area contributed by atoms with Gasteiger partial charge in [-0.05, 0) is 24.5 Å². The Labute approximate surface area is 168 Å².